The highest BCUT2D eigenvalue weighted by atomic mass is 32.1. The summed E-state index contributed by atoms with van der Waals surface area (Å²) in [6.45, 7) is 3.46. The molecule has 118 valence electrons. The first-order chi connectivity index (χ1) is 10.8. The highest BCUT2D eigenvalue weighted by molar-refractivity contribution is 7.13. The summed E-state index contributed by atoms with van der Waals surface area (Å²) < 4.78 is 5.27. The minimum absolute atomic E-state index is 0.0132. The molecule has 1 saturated heterocycles. The number of thiazole rings is 1. The molecule has 2 aromatic heterocycles. The third kappa shape index (κ3) is 3.50. The van der Waals surface area contributed by atoms with E-state index < -0.39 is 0 Å². The van der Waals surface area contributed by atoms with E-state index in [0.29, 0.717) is 17.6 Å². The number of likely N-dealkylation sites (tertiary alicyclic amines) is 1. The van der Waals surface area contributed by atoms with Gasteiger partial charge in [-0.05, 0) is 25.8 Å². The van der Waals surface area contributed by atoms with Crippen LogP contribution in [-0.2, 0) is 17.8 Å². The van der Waals surface area contributed by atoms with Crippen LogP contribution in [0.3, 0.4) is 0 Å². The Balaban J connectivity index is 1.61. The molecule has 3 heterocycles. The lowest BCUT2D eigenvalue weighted by atomic mass is 10.2. The number of hydrogen-bond acceptors (Lipinski definition) is 7. The maximum atomic E-state index is 12.4. The van der Waals surface area contributed by atoms with E-state index in [1.165, 1.54) is 11.3 Å². The molecule has 1 unspecified atom stereocenters. The summed E-state index contributed by atoms with van der Waals surface area (Å²) in [6, 6.07) is -0.162. The smallest absolute Gasteiger partial charge is 0.243 e. The number of amides is 1. The van der Waals surface area contributed by atoms with Crippen molar-refractivity contribution in [3.63, 3.8) is 0 Å². The first-order valence-electron chi connectivity index (χ1n) is 7.52. The number of nitrogens with zero attached hydrogens (tertiary/aromatic N) is 4. The second-order valence-electron chi connectivity index (χ2n) is 5.31. The van der Waals surface area contributed by atoms with Gasteiger partial charge in [-0.3, -0.25) is 9.69 Å². The number of anilines is 1. The van der Waals surface area contributed by atoms with Crippen LogP contribution in [0.25, 0.3) is 0 Å². The van der Waals surface area contributed by atoms with Crippen LogP contribution < -0.4 is 5.32 Å². The molecule has 3 rings (SSSR count). The van der Waals surface area contributed by atoms with Crippen LogP contribution in [0.2, 0.25) is 0 Å². The highest BCUT2D eigenvalue weighted by Gasteiger charge is 2.32. The number of rotatable bonds is 6. The molecule has 1 N–H and O–H groups in total. The van der Waals surface area contributed by atoms with Gasteiger partial charge in [0.25, 0.3) is 0 Å². The fourth-order valence-corrected chi connectivity index (χ4v) is 3.17. The Kier molecular flexibility index (Phi) is 4.79. The van der Waals surface area contributed by atoms with Crippen molar-refractivity contribution in [3.8, 4) is 0 Å². The molecule has 0 aliphatic carbocycles. The standard InChI is InChI=1S/C14H19N5O2S/c1-2-4-11-16-12(21-18-11)9-19-7-3-5-10(19)13(20)17-14-15-6-8-22-14/h6,8,10H,2-5,7,9H2,1H3,(H,15,17,20). The third-order valence-corrected chi connectivity index (χ3v) is 4.34. The number of aryl methyl sites for hydroxylation is 1. The fourth-order valence-electron chi connectivity index (χ4n) is 2.64. The molecule has 0 saturated carbocycles. The molecule has 1 amide bonds. The summed E-state index contributed by atoms with van der Waals surface area (Å²) in [5, 5.41) is 9.30. The van der Waals surface area contributed by atoms with Gasteiger partial charge in [-0.25, -0.2) is 4.98 Å². The molecule has 8 heteroatoms. The number of aromatic nitrogens is 3. The van der Waals surface area contributed by atoms with Gasteiger partial charge in [0.05, 0.1) is 12.6 Å². The van der Waals surface area contributed by atoms with Crippen molar-refractivity contribution >= 4 is 22.4 Å². The highest BCUT2D eigenvalue weighted by Crippen LogP contribution is 2.22. The summed E-state index contributed by atoms with van der Waals surface area (Å²) >= 11 is 1.42. The zero-order chi connectivity index (χ0) is 15.4. The first-order valence-corrected chi connectivity index (χ1v) is 8.40. The van der Waals surface area contributed by atoms with Crippen molar-refractivity contribution in [1.82, 2.24) is 20.0 Å². The van der Waals surface area contributed by atoms with Gasteiger partial charge < -0.3 is 9.84 Å². The van der Waals surface area contributed by atoms with E-state index >= 15 is 0 Å². The van der Waals surface area contributed by atoms with Crippen molar-refractivity contribution in [1.29, 1.82) is 0 Å². The van der Waals surface area contributed by atoms with Gasteiger partial charge in [0.2, 0.25) is 11.8 Å². The number of carbonyl (C=O) groups is 1. The zero-order valence-corrected chi connectivity index (χ0v) is 13.3. The summed E-state index contributed by atoms with van der Waals surface area (Å²) in [6.07, 6.45) is 5.32. The molecular weight excluding hydrogens is 302 g/mol. The molecule has 1 aliphatic heterocycles. The second kappa shape index (κ2) is 6.97. The SMILES string of the molecule is CCCc1noc(CN2CCCC2C(=O)Nc2nccs2)n1. The van der Waals surface area contributed by atoms with Gasteiger partial charge in [0.1, 0.15) is 0 Å². The van der Waals surface area contributed by atoms with Crippen LogP contribution in [0.1, 0.15) is 37.9 Å². The lowest BCUT2D eigenvalue weighted by molar-refractivity contribution is -0.120. The van der Waals surface area contributed by atoms with Gasteiger partial charge in [-0.15, -0.1) is 11.3 Å². The minimum Gasteiger partial charge on any atom is -0.338 e. The maximum absolute atomic E-state index is 12.4. The summed E-state index contributed by atoms with van der Waals surface area (Å²) in [4.78, 5) is 22.9. The van der Waals surface area contributed by atoms with Crippen molar-refractivity contribution in [2.45, 2.75) is 45.2 Å². The van der Waals surface area contributed by atoms with E-state index in [0.717, 1.165) is 38.1 Å². The molecule has 2 aromatic rings. The van der Waals surface area contributed by atoms with Crippen LogP contribution in [-0.4, -0.2) is 38.5 Å². The molecule has 1 fully saturated rings. The Morgan fingerprint density at radius 3 is 3.27 bits per heavy atom. The van der Waals surface area contributed by atoms with Gasteiger partial charge in [0, 0.05) is 18.0 Å². The fraction of sp³-hybridized carbons (Fsp3) is 0.571. The quantitative estimate of drug-likeness (QED) is 0.877. The van der Waals surface area contributed by atoms with Gasteiger partial charge >= 0.3 is 0 Å². The Morgan fingerprint density at radius 1 is 1.59 bits per heavy atom. The Hall–Kier alpha value is -1.80. The van der Waals surface area contributed by atoms with E-state index in [1.807, 2.05) is 5.38 Å². The van der Waals surface area contributed by atoms with E-state index in [2.05, 4.69) is 32.3 Å². The normalized spacial score (nSPS) is 18.7. The van der Waals surface area contributed by atoms with Crippen LogP contribution in [0, 0.1) is 0 Å². The van der Waals surface area contributed by atoms with Crippen molar-refractivity contribution in [2.24, 2.45) is 0 Å². The number of carbonyl (C=O) groups excluding carboxylic acids is 1. The minimum atomic E-state index is -0.162. The van der Waals surface area contributed by atoms with E-state index in [1.54, 1.807) is 6.20 Å². The molecular formula is C14H19N5O2S. The molecule has 0 aromatic carbocycles. The van der Waals surface area contributed by atoms with Crippen LogP contribution in [0.5, 0.6) is 0 Å². The van der Waals surface area contributed by atoms with E-state index in [-0.39, 0.29) is 11.9 Å². The molecule has 1 aliphatic rings. The summed E-state index contributed by atoms with van der Waals surface area (Å²) in [5.41, 5.74) is 0. The third-order valence-electron chi connectivity index (χ3n) is 3.65. The lowest BCUT2D eigenvalue weighted by Gasteiger charge is -2.21. The van der Waals surface area contributed by atoms with Gasteiger partial charge in [0.15, 0.2) is 11.0 Å². The molecule has 7 nitrogen and oxygen atoms in total. The van der Waals surface area contributed by atoms with Crippen molar-refractivity contribution in [2.75, 3.05) is 11.9 Å². The van der Waals surface area contributed by atoms with Crippen LogP contribution in [0.15, 0.2) is 16.1 Å². The number of hydrogen-bond donors (Lipinski definition) is 1. The number of nitrogens with one attached hydrogen (secondary N) is 1. The second-order valence-corrected chi connectivity index (χ2v) is 6.20. The Morgan fingerprint density at radius 2 is 2.50 bits per heavy atom. The predicted octanol–water partition coefficient (Wildman–Crippen LogP) is 2.08. The monoisotopic (exact) mass is 321 g/mol. The van der Waals surface area contributed by atoms with Crippen molar-refractivity contribution in [3.05, 3.63) is 23.3 Å². The summed E-state index contributed by atoms with van der Waals surface area (Å²) in [7, 11) is 0. The van der Waals surface area contributed by atoms with Crippen molar-refractivity contribution < 1.29 is 9.32 Å². The zero-order valence-electron chi connectivity index (χ0n) is 12.5. The van der Waals surface area contributed by atoms with E-state index in [9.17, 15) is 4.79 Å². The molecule has 1 atom stereocenters. The van der Waals surface area contributed by atoms with Crippen LogP contribution in [0.4, 0.5) is 5.13 Å². The van der Waals surface area contributed by atoms with Gasteiger partial charge in [-0.1, -0.05) is 12.1 Å². The topological polar surface area (TPSA) is 84.2 Å². The average Bonchev–Trinajstić information content (AvgIpc) is 3.22. The maximum Gasteiger partial charge on any atom is 0.243 e. The molecule has 22 heavy (non-hydrogen) atoms. The lowest BCUT2D eigenvalue weighted by Crippen LogP contribution is -2.39. The van der Waals surface area contributed by atoms with Gasteiger partial charge in [-0.2, -0.15) is 4.98 Å². The largest absolute Gasteiger partial charge is 0.338 e. The Bertz CT molecular complexity index is 613. The average molecular weight is 321 g/mol. The molecule has 0 spiro atoms. The molecule has 0 bridgehead atoms. The predicted molar refractivity (Wildman–Crippen MR) is 82.5 cm³/mol. The first kappa shape index (κ1) is 15.1. The Labute approximate surface area is 132 Å². The van der Waals surface area contributed by atoms with Crippen LogP contribution >= 0.6 is 11.3 Å². The van der Waals surface area contributed by atoms with E-state index in [4.69, 9.17) is 4.52 Å². The molecule has 0 radical (unpaired) electrons. The summed E-state index contributed by atoms with van der Waals surface area (Å²) in [5.74, 6) is 1.30.